The zero-order valence-electron chi connectivity index (χ0n) is 16.8. The number of hydrogen-bond acceptors (Lipinski definition) is 5. The van der Waals surface area contributed by atoms with E-state index in [9.17, 15) is 4.79 Å². The number of aromatic nitrogens is 1. The second kappa shape index (κ2) is 7.95. The van der Waals surface area contributed by atoms with Crippen LogP contribution in [0.5, 0.6) is 5.75 Å². The van der Waals surface area contributed by atoms with Crippen LogP contribution in [0.15, 0.2) is 60.7 Å². The zero-order chi connectivity index (χ0) is 20.5. The van der Waals surface area contributed by atoms with E-state index in [4.69, 9.17) is 9.72 Å². The van der Waals surface area contributed by atoms with Crippen LogP contribution in [0.25, 0.3) is 21.0 Å². The number of methoxy groups -OCH3 is 1. The fourth-order valence-corrected chi connectivity index (χ4v) is 5.10. The third-order valence-electron chi connectivity index (χ3n) is 5.77. The van der Waals surface area contributed by atoms with E-state index >= 15 is 0 Å². The summed E-state index contributed by atoms with van der Waals surface area (Å²) in [5.41, 5.74) is 1.88. The molecule has 0 spiro atoms. The number of nitrogens with one attached hydrogen (secondary N) is 1. The van der Waals surface area contributed by atoms with Gasteiger partial charge in [-0.2, -0.15) is 0 Å². The molecule has 0 radical (unpaired) electrons. The summed E-state index contributed by atoms with van der Waals surface area (Å²) >= 11 is 1.68. The summed E-state index contributed by atoms with van der Waals surface area (Å²) in [4.78, 5) is 20.0. The second-order valence-corrected chi connectivity index (χ2v) is 8.62. The highest BCUT2D eigenvalue weighted by atomic mass is 32.1. The van der Waals surface area contributed by atoms with Crippen molar-refractivity contribution in [3.8, 4) is 5.75 Å². The molecule has 2 heterocycles. The van der Waals surface area contributed by atoms with E-state index in [-0.39, 0.29) is 11.8 Å². The first-order valence-corrected chi connectivity index (χ1v) is 11.0. The molecule has 4 aromatic rings. The van der Waals surface area contributed by atoms with Crippen LogP contribution in [-0.2, 0) is 4.79 Å². The summed E-state index contributed by atoms with van der Waals surface area (Å²) in [7, 11) is 1.68. The molecule has 1 amide bonds. The normalized spacial score (nSPS) is 14.9. The Hall–Kier alpha value is -3.12. The first kappa shape index (κ1) is 18.9. The smallest absolute Gasteiger partial charge is 0.227 e. The molecule has 1 aliphatic rings. The van der Waals surface area contributed by atoms with Gasteiger partial charge in [-0.3, -0.25) is 4.79 Å². The van der Waals surface area contributed by atoms with E-state index in [0.717, 1.165) is 63.5 Å². The number of anilines is 2. The average Bonchev–Trinajstić information content (AvgIpc) is 3.23. The molecule has 0 bridgehead atoms. The van der Waals surface area contributed by atoms with Crippen LogP contribution in [0.4, 0.5) is 10.8 Å². The number of benzene rings is 3. The summed E-state index contributed by atoms with van der Waals surface area (Å²) in [5.74, 6) is 0.983. The summed E-state index contributed by atoms with van der Waals surface area (Å²) < 4.78 is 6.44. The molecule has 5 nitrogen and oxygen atoms in total. The van der Waals surface area contributed by atoms with Gasteiger partial charge in [0.05, 0.1) is 17.3 Å². The lowest BCUT2D eigenvalue weighted by atomic mass is 9.96. The Morgan fingerprint density at radius 3 is 2.73 bits per heavy atom. The quantitative estimate of drug-likeness (QED) is 0.489. The predicted molar refractivity (Wildman–Crippen MR) is 124 cm³/mol. The minimum atomic E-state index is 0.0229. The van der Waals surface area contributed by atoms with Crippen molar-refractivity contribution in [3.05, 3.63) is 60.7 Å². The Morgan fingerprint density at radius 1 is 1.10 bits per heavy atom. The van der Waals surface area contributed by atoms with Crippen molar-refractivity contribution >= 4 is 49.1 Å². The molecule has 5 rings (SSSR count). The number of carbonyl (C=O) groups is 1. The van der Waals surface area contributed by atoms with Gasteiger partial charge < -0.3 is 15.0 Å². The highest BCUT2D eigenvalue weighted by Gasteiger charge is 2.26. The third-order valence-corrected chi connectivity index (χ3v) is 6.85. The third kappa shape index (κ3) is 3.59. The Labute approximate surface area is 179 Å². The molecule has 1 aliphatic heterocycles. The lowest BCUT2D eigenvalue weighted by molar-refractivity contribution is -0.120. The van der Waals surface area contributed by atoms with E-state index in [2.05, 4.69) is 28.4 Å². The van der Waals surface area contributed by atoms with Gasteiger partial charge in [0.1, 0.15) is 5.75 Å². The Morgan fingerprint density at radius 2 is 1.90 bits per heavy atom. The van der Waals surface area contributed by atoms with Crippen molar-refractivity contribution < 1.29 is 9.53 Å². The number of piperidine rings is 1. The minimum absolute atomic E-state index is 0.0229. The van der Waals surface area contributed by atoms with Crippen LogP contribution in [0.2, 0.25) is 0 Å². The van der Waals surface area contributed by atoms with Gasteiger partial charge >= 0.3 is 0 Å². The average molecular weight is 418 g/mol. The highest BCUT2D eigenvalue weighted by molar-refractivity contribution is 7.22. The van der Waals surface area contributed by atoms with Crippen molar-refractivity contribution in [2.24, 2.45) is 5.92 Å². The Bertz CT molecular complexity index is 1210. The molecule has 1 N–H and O–H groups in total. The van der Waals surface area contributed by atoms with Crippen molar-refractivity contribution in [1.29, 1.82) is 0 Å². The molecule has 3 aromatic carbocycles. The topological polar surface area (TPSA) is 54.5 Å². The maximum atomic E-state index is 12.9. The number of amides is 1. The van der Waals surface area contributed by atoms with Crippen molar-refractivity contribution in [2.75, 3.05) is 30.4 Å². The van der Waals surface area contributed by atoms with Gasteiger partial charge in [0.15, 0.2) is 5.13 Å². The van der Waals surface area contributed by atoms with Crippen LogP contribution in [0.1, 0.15) is 12.8 Å². The number of ether oxygens (including phenoxy) is 1. The fourth-order valence-electron chi connectivity index (χ4n) is 4.06. The number of fused-ring (bicyclic) bond motifs is 2. The van der Waals surface area contributed by atoms with Crippen molar-refractivity contribution in [1.82, 2.24) is 4.98 Å². The molecule has 1 saturated heterocycles. The largest absolute Gasteiger partial charge is 0.497 e. The Balaban J connectivity index is 1.26. The highest BCUT2D eigenvalue weighted by Crippen LogP contribution is 2.34. The van der Waals surface area contributed by atoms with E-state index in [0.29, 0.717) is 0 Å². The number of rotatable bonds is 4. The molecule has 6 heteroatoms. The van der Waals surface area contributed by atoms with Crippen LogP contribution >= 0.6 is 11.3 Å². The number of nitrogens with zero attached hydrogens (tertiary/aromatic N) is 2. The summed E-state index contributed by atoms with van der Waals surface area (Å²) in [6.07, 6.45) is 1.66. The molecule has 30 heavy (non-hydrogen) atoms. The lowest BCUT2D eigenvalue weighted by Crippen LogP contribution is -2.38. The predicted octanol–water partition coefficient (Wildman–Crippen LogP) is 5.31. The first-order valence-electron chi connectivity index (χ1n) is 10.2. The molecule has 0 saturated carbocycles. The molecule has 1 fully saturated rings. The summed E-state index contributed by atoms with van der Waals surface area (Å²) in [6.45, 7) is 1.68. The van der Waals surface area contributed by atoms with Gasteiger partial charge in [0, 0.05) is 30.1 Å². The standard InChI is InChI=1S/C24H23N3O2S/c1-29-18-9-10-21-22(15-18)30-24(26-21)27-13-11-17(12-14-27)23(28)25-20-8-4-6-16-5-2-3-7-19(16)20/h2-10,15,17H,11-14H2,1H3,(H,25,28). The van der Waals surface area contributed by atoms with Gasteiger partial charge in [-0.1, -0.05) is 47.7 Å². The van der Waals surface area contributed by atoms with Crippen LogP contribution in [0, 0.1) is 5.92 Å². The van der Waals surface area contributed by atoms with Gasteiger partial charge in [-0.15, -0.1) is 0 Å². The van der Waals surface area contributed by atoms with Gasteiger partial charge in [-0.25, -0.2) is 4.98 Å². The van der Waals surface area contributed by atoms with E-state index in [1.165, 1.54) is 0 Å². The van der Waals surface area contributed by atoms with Gasteiger partial charge in [-0.05, 0) is 42.5 Å². The molecule has 0 unspecified atom stereocenters. The lowest BCUT2D eigenvalue weighted by Gasteiger charge is -2.31. The fraction of sp³-hybridized carbons (Fsp3) is 0.250. The molecular weight excluding hydrogens is 394 g/mol. The Kier molecular flexibility index (Phi) is 5.01. The van der Waals surface area contributed by atoms with Crippen LogP contribution in [-0.4, -0.2) is 31.1 Å². The second-order valence-electron chi connectivity index (χ2n) is 7.61. The van der Waals surface area contributed by atoms with E-state index in [1.54, 1.807) is 18.4 Å². The SMILES string of the molecule is COc1ccc2nc(N3CCC(C(=O)Nc4cccc5ccccc45)CC3)sc2c1. The molecule has 152 valence electrons. The molecular formula is C24H23N3O2S. The summed E-state index contributed by atoms with van der Waals surface area (Å²) in [5, 5.41) is 6.39. The number of thiazole rings is 1. The number of carbonyl (C=O) groups excluding carboxylic acids is 1. The summed E-state index contributed by atoms with van der Waals surface area (Å²) in [6, 6.07) is 20.1. The zero-order valence-corrected chi connectivity index (χ0v) is 17.6. The molecule has 1 aromatic heterocycles. The van der Waals surface area contributed by atoms with Gasteiger partial charge in [0.25, 0.3) is 0 Å². The molecule has 0 atom stereocenters. The van der Waals surface area contributed by atoms with Crippen LogP contribution < -0.4 is 15.0 Å². The number of hydrogen-bond donors (Lipinski definition) is 1. The van der Waals surface area contributed by atoms with E-state index < -0.39 is 0 Å². The van der Waals surface area contributed by atoms with E-state index in [1.807, 2.05) is 42.5 Å². The minimum Gasteiger partial charge on any atom is -0.497 e. The first-order chi connectivity index (χ1) is 14.7. The monoisotopic (exact) mass is 417 g/mol. The maximum absolute atomic E-state index is 12.9. The maximum Gasteiger partial charge on any atom is 0.227 e. The van der Waals surface area contributed by atoms with Gasteiger partial charge in [0.2, 0.25) is 5.91 Å². The molecule has 0 aliphatic carbocycles. The van der Waals surface area contributed by atoms with Crippen molar-refractivity contribution in [2.45, 2.75) is 12.8 Å². The van der Waals surface area contributed by atoms with Crippen LogP contribution in [0.3, 0.4) is 0 Å². The van der Waals surface area contributed by atoms with Crippen molar-refractivity contribution in [3.63, 3.8) is 0 Å².